The Hall–Kier alpha value is -3.78. The van der Waals surface area contributed by atoms with Gasteiger partial charge in [-0.1, -0.05) is 20.8 Å². The first-order valence-electron chi connectivity index (χ1n) is 17.1. The van der Waals surface area contributed by atoms with E-state index in [-0.39, 0.29) is 17.8 Å². The van der Waals surface area contributed by atoms with Crippen LogP contribution >= 0.6 is 0 Å². The molecule has 0 aromatic heterocycles. The third-order valence-corrected chi connectivity index (χ3v) is 13.6. The van der Waals surface area contributed by atoms with Crippen LogP contribution in [0.5, 0.6) is 0 Å². The monoisotopic (exact) mass is 700 g/mol. The molecule has 7 aliphatic rings. The van der Waals surface area contributed by atoms with Crippen molar-refractivity contribution in [2.24, 2.45) is 51.8 Å². The molecule has 0 radical (unpaired) electrons. The van der Waals surface area contributed by atoms with Crippen molar-refractivity contribution < 1.29 is 67.4 Å². The Balaban J connectivity index is 1.55. The van der Waals surface area contributed by atoms with Crippen molar-refractivity contribution in [1.29, 1.82) is 0 Å². The lowest BCUT2D eigenvalue weighted by Gasteiger charge is -2.62. The summed E-state index contributed by atoms with van der Waals surface area (Å²) in [5.74, 6) is -10.3. The smallest absolute Gasteiger partial charge is 0.343 e. The van der Waals surface area contributed by atoms with E-state index in [9.17, 15) is 39.0 Å². The summed E-state index contributed by atoms with van der Waals surface area (Å²) in [7, 11) is 0. The highest BCUT2D eigenvalue weighted by molar-refractivity contribution is 5.98. The fraction of sp³-hybridized carbons (Fsp3) is 0.722. The van der Waals surface area contributed by atoms with E-state index in [1.165, 1.54) is 34.6 Å². The van der Waals surface area contributed by atoms with Gasteiger partial charge >= 0.3 is 29.8 Å². The Morgan fingerprint density at radius 2 is 1.36 bits per heavy atom. The maximum absolute atomic E-state index is 14.9. The SMILES string of the molecule is CC(=O)O[C@@H]1[C@H]2[C@@H]3C(=O)C(O)=C4C[C@@H]5O[C@@H]5[C@H](OC(C)=O)[C@]4(C)C3[C@H](OC(C)=O)[C@H](OC(C)=O)[C@]2(C)[C@@H]2[C@@H]1[C@]1(C)C(=C[C@H]2C)OC(=O)[C@@]1(C)O. The highest BCUT2D eigenvalue weighted by Gasteiger charge is 2.83. The van der Waals surface area contributed by atoms with Crippen LogP contribution < -0.4 is 0 Å². The lowest BCUT2D eigenvalue weighted by atomic mass is 9.43. The largest absolute Gasteiger partial charge is 0.504 e. The Morgan fingerprint density at radius 3 is 1.94 bits per heavy atom. The van der Waals surface area contributed by atoms with Crippen LogP contribution in [-0.4, -0.2) is 88.1 Å². The summed E-state index contributed by atoms with van der Waals surface area (Å²) in [4.78, 5) is 80.0. The molecular weight excluding hydrogens is 656 g/mol. The number of fused-ring (bicyclic) bond motifs is 10. The Kier molecular flexibility index (Phi) is 7.37. The van der Waals surface area contributed by atoms with Gasteiger partial charge in [-0.25, -0.2) is 4.79 Å². The van der Waals surface area contributed by atoms with Gasteiger partial charge in [0.25, 0.3) is 0 Å². The molecule has 0 spiro atoms. The van der Waals surface area contributed by atoms with Crippen molar-refractivity contribution in [3.05, 3.63) is 23.2 Å². The molecule has 3 saturated carbocycles. The Labute approximate surface area is 288 Å². The van der Waals surface area contributed by atoms with Crippen molar-refractivity contribution in [3.8, 4) is 0 Å². The molecule has 0 bridgehead atoms. The molecule has 2 heterocycles. The number of hydrogen-bond donors (Lipinski definition) is 2. The number of rotatable bonds is 4. The molecule has 0 amide bonds. The molecule has 0 aromatic carbocycles. The minimum Gasteiger partial charge on any atom is -0.504 e. The number of ether oxygens (including phenoxy) is 6. The summed E-state index contributed by atoms with van der Waals surface area (Å²) in [6, 6.07) is 0. The van der Waals surface area contributed by atoms with Gasteiger partial charge in [-0.3, -0.25) is 24.0 Å². The fourth-order valence-electron chi connectivity index (χ4n) is 11.7. The Bertz CT molecular complexity index is 1690. The summed E-state index contributed by atoms with van der Waals surface area (Å²) < 4.78 is 36.1. The van der Waals surface area contributed by atoms with E-state index in [2.05, 4.69) is 0 Å². The van der Waals surface area contributed by atoms with E-state index in [0.29, 0.717) is 0 Å². The van der Waals surface area contributed by atoms with Gasteiger partial charge in [0.05, 0.1) is 11.5 Å². The first-order chi connectivity index (χ1) is 23.1. The van der Waals surface area contributed by atoms with Crippen molar-refractivity contribution in [2.45, 2.75) is 111 Å². The third kappa shape index (κ3) is 4.14. The van der Waals surface area contributed by atoms with Gasteiger partial charge in [0.2, 0.25) is 5.78 Å². The van der Waals surface area contributed by atoms with Gasteiger partial charge in [0, 0.05) is 68.6 Å². The molecule has 2 aliphatic heterocycles. The van der Waals surface area contributed by atoms with Crippen molar-refractivity contribution >= 4 is 35.6 Å². The molecule has 2 saturated heterocycles. The van der Waals surface area contributed by atoms with Gasteiger partial charge in [0.1, 0.15) is 36.3 Å². The van der Waals surface area contributed by atoms with Crippen LogP contribution in [0.15, 0.2) is 23.2 Å². The second kappa shape index (κ2) is 10.6. The van der Waals surface area contributed by atoms with Crippen LogP contribution in [0.25, 0.3) is 0 Å². The molecule has 5 aliphatic carbocycles. The van der Waals surface area contributed by atoms with E-state index >= 15 is 0 Å². The van der Waals surface area contributed by atoms with Crippen LogP contribution in [0.4, 0.5) is 0 Å². The van der Waals surface area contributed by atoms with Gasteiger partial charge in [-0.05, 0) is 37.3 Å². The van der Waals surface area contributed by atoms with E-state index in [1.807, 2.05) is 6.92 Å². The van der Waals surface area contributed by atoms with Crippen LogP contribution in [0.2, 0.25) is 0 Å². The predicted octanol–water partition coefficient (Wildman–Crippen LogP) is 2.25. The highest BCUT2D eigenvalue weighted by Crippen LogP contribution is 2.75. The average molecular weight is 701 g/mol. The van der Waals surface area contributed by atoms with E-state index in [1.54, 1.807) is 26.8 Å². The first kappa shape index (κ1) is 34.7. The number of ketones is 1. The fourth-order valence-corrected chi connectivity index (χ4v) is 11.7. The Morgan fingerprint density at radius 1 is 0.800 bits per heavy atom. The lowest BCUT2D eigenvalue weighted by molar-refractivity contribution is -0.242. The van der Waals surface area contributed by atoms with E-state index < -0.39 is 135 Å². The summed E-state index contributed by atoms with van der Waals surface area (Å²) in [6.07, 6.45) is -4.05. The summed E-state index contributed by atoms with van der Waals surface area (Å²) in [6.45, 7) is 13.2. The molecule has 1 unspecified atom stereocenters. The molecule has 50 heavy (non-hydrogen) atoms. The number of aliphatic hydroxyl groups is 2. The molecule has 0 aromatic rings. The average Bonchev–Trinajstić information content (AvgIpc) is 3.68. The number of aliphatic hydroxyl groups excluding tert-OH is 1. The minimum atomic E-state index is -2.12. The normalized spacial score (nSPS) is 49.4. The molecular formula is C36H44O14. The zero-order chi connectivity index (χ0) is 36.8. The molecule has 16 atom stereocenters. The molecule has 272 valence electrons. The molecule has 7 rings (SSSR count). The quantitative estimate of drug-likeness (QED) is 0.246. The van der Waals surface area contributed by atoms with E-state index in [4.69, 9.17) is 28.4 Å². The number of epoxide rings is 1. The van der Waals surface area contributed by atoms with Gasteiger partial charge in [0.15, 0.2) is 11.4 Å². The van der Waals surface area contributed by atoms with E-state index in [0.717, 1.165) is 0 Å². The molecule has 2 N–H and O–H groups in total. The third-order valence-electron chi connectivity index (χ3n) is 13.6. The van der Waals surface area contributed by atoms with Gasteiger partial charge < -0.3 is 38.6 Å². The number of esters is 5. The second-order valence-corrected chi connectivity index (χ2v) is 16.1. The number of carbonyl (C=O) groups excluding carboxylic acids is 6. The standard InChI is InChI=1S/C36H44O14/c1-12-10-19-35(8,36(9,44)32(43)50-19)24-21(12)34(7)22(28(24)45-13(2)37)20-23(29(46-14(3)38)31(34)48-16(5)40)33(6)17(25(41)26(20)42)11-18-27(49-18)30(33)47-15(4)39/h10,12,18,20-24,27-31,41,44H,11H2,1-9H3/t12-,18+,20+,21+,22-,23?,24+,27+,28-,29+,30+,31+,33+,34-,35+,36-/m1/s1. The van der Waals surface area contributed by atoms with Crippen molar-refractivity contribution in [2.75, 3.05) is 0 Å². The number of hydrogen-bond acceptors (Lipinski definition) is 14. The van der Waals surface area contributed by atoms with Crippen LogP contribution in [0.3, 0.4) is 0 Å². The summed E-state index contributed by atoms with van der Waals surface area (Å²) in [5, 5.41) is 23.8. The zero-order valence-electron chi connectivity index (χ0n) is 29.5. The molecule has 14 nitrogen and oxygen atoms in total. The number of Topliss-reactive ketones (excluding diaryl/α,β-unsaturated/α-hetero) is 1. The van der Waals surface area contributed by atoms with Crippen LogP contribution in [-0.2, 0) is 57.2 Å². The van der Waals surface area contributed by atoms with Crippen molar-refractivity contribution in [3.63, 3.8) is 0 Å². The number of allylic oxidation sites excluding steroid dienone is 2. The van der Waals surface area contributed by atoms with Crippen LogP contribution in [0, 0.1) is 51.8 Å². The summed E-state index contributed by atoms with van der Waals surface area (Å²) >= 11 is 0. The van der Waals surface area contributed by atoms with Crippen LogP contribution in [0.1, 0.15) is 68.7 Å². The summed E-state index contributed by atoms with van der Waals surface area (Å²) in [5.41, 5.74) is -6.12. The topological polar surface area (TPSA) is 202 Å². The first-order valence-corrected chi connectivity index (χ1v) is 17.1. The maximum atomic E-state index is 14.9. The van der Waals surface area contributed by atoms with Gasteiger partial charge in [-0.2, -0.15) is 0 Å². The van der Waals surface area contributed by atoms with Gasteiger partial charge in [-0.15, -0.1) is 0 Å². The molecule has 5 fully saturated rings. The maximum Gasteiger partial charge on any atom is 0.343 e. The number of carbonyl (C=O) groups is 6. The highest BCUT2D eigenvalue weighted by atomic mass is 16.6. The zero-order valence-corrected chi connectivity index (χ0v) is 29.5. The molecule has 14 heteroatoms. The lowest BCUT2D eigenvalue weighted by Crippen LogP contribution is -2.70. The second-order valence-electron chi connectivity index (χ2n) is 16.1. The minimum absolute atomic E-state index is 0.135. The van der Waals surface area contributed by atoms with Crippen molar-refractivity contribution in [1.82, 2.24) is 0 Å². The predicted molar refractivity (Wildman–Crippen MR) is 166 cm³/mol.